The van der Waals surface area contributed by atoms with Gasteiger partial charge in [0, 0.05) is 35.4 Å². The van der Waals surface area contributed by atoms with E-state index in [1.807, 2.05) is 36.4 Å². The molecule has 146 valence electrons. The zero-order valence-corrected chi connectivity index (χ0v) is 16.9. The normalized spacial score (nSPS) is 14.3. The summed E-state index contributed by atoms with van der Waals surface area (Å²) in [6, 6.07) is 11.5. The third-order valence-electron chi connectivity index (χ3n) is 4.71. The van der Waals surface area contributed by atoms with Gasteiger partial charge >= 0.3 is 0 Å². The van der Waals surface area contributed by atoms with Crippen molar-refractivity contribution in [3.63, 3.8) is 0 Å². The van der Waals surface area contributed by atoms with Crippen LogP contribution in [0.4, 0.5) is 11.6 Å². The van der Waals surface area contributed by atoms with E-state index in [2.05, 4.69) is 20.4 Å². The van der Waals surface area contributed by atoms with Crippen LogP contribution in [0.5, 0.6) is 5.75 Å². The Balaban J connectivity index is 1.63. The molecule has 0 aliphatic carbocycles. The molecule has 1 N–H and O–H groups in total. The van der Waals surface area contributed by atoms with E-state index in [1.165, 1.54) is 0 Å². The summed E-state index contributed by atoms with van der Waals surface area (Å²) < 4.78 is 10.6. The number of methoxy groups -OCH3 is 1. The molecule has 2 aromatic carbocycles. The molecule has 1 aliphatic rings. The fourth-order valence-corrected chi connectivity index (χ4v) is 3.71. The molecule has 0 bridgehead atoms. The van der Waals surface area contributed by atoms with Crippen molar-refractivity contribution in [1.82, 2.24) is 10.2 Å². The summed E-state index contributed by atoms with van der Waals surface area (Å²) in [5.41, 5.74) is 1.01. The van der Waals surface area contributed by atoms with Crippen LogP contribution < -0.4 is 15.0 Å². The van der Waals surface area contributed by atoms with Crippen molar-refractivity contribution in [2.45, 2.75) is 6.54 Å². The Labute approximate surface area is 173 Å². The second kappa shape index (κ2) is 8.39. The average molecular weight is 419 g/mol. The SMILES string of the molecule is COc1ccc(CNc2nnc(N3CCOCC3)c3ccc(Cl)cc23)cc1Cl. The lowest BCUT2D eigenvalue weighted by Gasteiger charge is -2.28. The molecule has 0 unspecified atom stereocenters. The molecule has 8 heteroatoms. The highest BCUT2D eigenvalue weighted by Gasteiger charge is 2.18. The number of benzene rings is 2. The van der Waals surface area contributed by atoms with Gasteiger partial charge in [0.15, 0.2) is 11.6 Å². The smallest absolute Gasteiger partial charge is 0.159 e. The van der Waals surface area contributed by atoms with Crippen molar-refractivity contribution < 1.29 is 9.47 Å². The summed E-state index contributed by atoms with van der Waals surface area (Å²) in [5.74, 6) is 2.19. The number of nitrogens with one attached hydrogen (secondary N) is 1. The first-order valence-electron chi connectivity index (χ1n) is 9.00. The maximum Gasteiger partial charge on any atom is 0.159 e. The number of fused-ring (bicyclic) bond motifs is 1. The van der Waals surface area contributed by atoms with Gasteiger partial charge in [0.05, 0.1) is 25.3 Å². The van der Waals surface area contributed by atoms with Crippen LogP contribution >= 0.6 is 23.2 Å². The highest BCUT2D eigenvalue weighted by Crippen LogP contribution is 2.32. The lowest BCUT2D eigenvalue weighted by Crippen LogP contribution is -2.37. The molecular weight excluding hydrogens is 399 g/mol. The standard InChI is InChI=1S/C20H20Cl2N4O2/c1-27-18-5-2-13(10-17(18)22)12-23-19-16-11-14(21)3-4-15(16)20(25-24-19)26-6-8-28-9-7-26/h2-5,10-11H,6-9,12H2,1H3,(H,23,24). The molecule has 6 nitrogen and oxygen atoms in total. The number of aromatic nitrogens is 2. The topological polar surface area (TPSA) is 59.5 Å². The van der Waals surface area contributed by atoms with E-state index >= 15 is 0 Å². The zero-order valence-electron chi connectivity index (χ0n) is 15.4. The molecule has 0 spiro atoms. The monoisotopic (exact) mass is 418 g/mol. The van der Waals surface area contributed by atoms with E-state index in [9.17, 15) is 0 Å². The number of morpholine rings is 1. The van der Waals surface area contributed by atoms with Crippen molar-refractivity contribution >= 4 is 45.6 Å². The molecular formula is C20H20Cl2N4O2. The number of hydrogen-bond donors (Lipinski definition) is 1. The number of rotatable bonds is 5. The lowest BCUT2D eigenvalue weighted by atomic mass is 10.1. The Morgan fingerprint density at radius 1 is 1.07 bits per heavy atom. The third-order valence-corrected chi connectivity index (χ3v) is 5.24. The van der Waals surface area contributed by atoms with Gasteiger partial charge in [-0.15, -0.1) is 10.2 Å². The van der Waals surface area contributed by atoms with Crippen LogP contribution in [0, 0.1) is 0 Å². The first-order valence-corrected chi connectivity index (χ1v) is 9.76. The number of hydrogen-bond acceptors (Lipinski definition) is 6. The van der Waals surface area contributed by atoms with Gasteiger partial charge in [-0.3, -0.25) is 0 Å². The first-order chi connectivity index (χ1) is 13.7. The third kappa shape index (κ3) is 3.94. The summed E-state index contributed by atoms with van der Waals surface area (Å²) in [6.07, 6.45) is 0. The van der Waals surface area contributed by atoms with Crippen molar-refractivity contribution in [2.24, 2.45) is 0 Å². The Bertz CT molecular complexity index is 993. The van der Waals surface area contributed by atoms with Crippen LogP contribution in [0.25, 0.3) is 10.8 Å². The van der Waals surface area contributed by atoms with Crippen LogP contribution in [0.15, 0.2) is 36.4 Å². The molecule has 28 heavy (non-hydrogen) atoms. The molecule has 3 aromatic rings. The minimum atomic E-state index is 0.552. The minimum Gasteiger partial charge on any atom is -0.495 e. The quantitative estimate of drug-likeness (QED) is 0.662. The number of nitrogens with zero attached hydrogens (tertiary/aromatic N) is 3. The van der Waals surface area contributed by atoms with E-state index < -0.39 is 0 Å². The maximum absolute atomic E-state index is 6.26. The molecule has 2 heterocycles. The highest BCUT2D eigenvalue weighted by molar-refractivity contribution is 6.32. The van der Waals surface area contributed by atoms with Crippen molar-refractivity contribution in [3.8, 4) is 5.75 Å². The Morgan fingerprint density at radius 3 is 2.64 bits per heavy atom. The Hall–Kier alpha value is -2.28. The predicted molar refractivity (Wildman–Crippen MR) is 113 cm³/mol. The second-order valence-corrected chi connectivity index (χ2v) is 7.33. The summed E-state index contributed by atoms with van der Waals surface area (Å²) in [7, 11) is 1.60. The molecule has 1 fully saturated rings. The number of halogens is 2. The van der Waals surface area contributed by atoms with E-state index in [0.717, 1.165) is 35.2 Å². The van der Waals surface area contributed by atoms with Crippen LogP contribution in [0.1, 0.15) is 5.56 Å². The van der Waals surface area contributed by atoms with Crippen molar-refractivity contribution in [1.29, 1.82) is 0 Å². The Morgan fingerprint density at radius 2 is 1.89 bits per heavy atom. The summed E-state index contributed by atoms with van der Waals surface area (Å²) in [5, 5.41) is 15.4. The second-order valence-electron chi connectivity index (χ2n) is 6.48. The van der Waals surface area contributed by atoms with Crippen molar-refractivity contribution in [2.75, 3.05) is 43.6 Å². The van der Waals surface area contributed by atoms with Crippen LogP contribution in [0.3, 0.4) is 0 Å². The van der Waals surface area contributed by atoms with E-state index in [0.29, 0.717) is 41.4 Å². The van der Waals surface area contributed by atoms with Gasteiger partial charge in [0.1, 0.15) is 5.75 Å². The number of ether oxygens (including phenoxy) is 2. The predicted octanol–water partition coefficient (Wildman–Crippen LogP) is 4.39. The molecule has 0 radical (unpaired) electrons. The van der Waals surface area contributed by atoms with Gasteiger partial charge in [-0.05, 0) is 35.9 Å². The van der Waals surface area contributed by atoms with Crippen LogP contribution in [-0.2, 0) is 11.3 Å². The summed E-state index contributed by atoms with van der Waals surface area (Å²) >= 11 is 12.5. The van der Waals surface area contributed by atoms with E-state index in [1.54, 1.807) is 7.11 Å². The largest absolute Gasteiger partial charge is 0.495 e. The van der Waals surface area contributed by atoms with Gasteiger partial charge in [-0.1, -0.05) is 29.3 Å². The molecule has 1 aromatic heterocycles. The van der Waals surface area contributed by atoms with Gasteiger partial charge in [-0.2, -0.15) is 0 Å². The van der Waals surface area contributed by atoms with Gasteiger partial charge in [-0.25, -0.2) is 0 Å². The van der Waals surface area contributed by atoms with Crippen LogP contribution in [-0.4, -0.2) is 43.6 Å². The van der Waals surface area contributed by atoms with Gasteiger partial charge in [0.2, 0.25) is 0 Å². The Kier molecular flexibility index (Phi) is 5.71. The average Bonchev–Trinajstić information content (AvgIpc) is 2.72. The molecule has 1 saturated heterocycles. The first kappa shape index (κ1) is 19.1. The van der Waals surface area contributed by atoms with Crippen LogP contribution in [0.2, 0.25) is 10.0 Å². The van der Waals surface area contributed by atoms with E-state index in [-0.39, 0.29) is 0 Å². The zero-order chi connectivity index (χ0) is 19.5. The van der Waals surface area contributed by atoms with Gasteiger partial charge in [0.25, 0.3) is 0 Å². The molecule has 1 aliphatic heterocycles. The molecule has 0 atom stereocenters. The van der Waals surface area contributed by atoms with Crippen molar-refractivity contribution in [3.05, 3.63) is 52.0 Å². The highest BCUT2D eigenvalue weighted by atomic mass is 35.5. The maximum atomic E-state index is 6.26. The molecule has 4 rings (SSSR count). The van der Waals surface area contributed by atoms with Gasteiger partial charge < -0.3 is 19.7 Å². The fraction of sp³-hybridized carbons (Fsp3) is 0.300. The summed E-state index contributed by atoms with van der Waals surface area (Å²) in [4.78, 5) is 2.19. The summed E-state index contributed by atoms with van der Waals surface area (Å²) in [6.45, 7) is 3.52. The fourth-order valence-electron chi connectivity index (χ4n) is 3.26. The lowest BCUT2D eigenvalue weighted by molar-refractivity contribution is 0.122. The number of anilines is 2. The minimum absolute atomic E-state index is 0.552. The molecule has 0 amide bonds. The molecule has 0 saturated carbocycles. The van der Waals surface area contributed by atoms with E-state index in [4.69, 9.17) is 32.7 Å².